The number of nitrogens with zero attached hydrogens (tertiary/aromatic N) is 4. The smallest absolute Gasteiger partial charge is 0.407 e. The molecule has 2 N–H and O–H groups in total. The molecule has 1 aromatic rings. The van der Waals surface area contributed by atoms with Crippen LogP contribution in [0, 0.1) is 5.92 Å². The molecule has 1 saturated heterocycles. The summed E-state index contributed by atoms with van der Waals surface area (Å²) in [5, 5.41) is 12.2. The van der Waals surface area contributed by atoms with Gasteiger partial charge in [0.25, 0.3) is 0 Å². The van der Waals surface area contributed by atoms with E-state index in [1.54, 1.807) is 13.4 Å². The van der Waals surface area contributed by atoms with E-state index in [-0.39, 0.29) is 6.04 Å². The van der Waals surface area contributed by atoms with Crippen LogP contribution in [0.15, 0.2) is 12.4 Å². The summed E-state index contributed by atoms with van der Waals surface area (Å²) in [4.78, 5) is 22.7. The summed E-state index contributed by atoms with van der Waals surface area (Å²) in [5.74, 6) is 2.50. The molecule has 20 heavy (non-hydrogen) atoms. The van der Waals surface area contributed by atoms with Gasteiger partial charge in [0.05, 0.1) is 6.04 Å². The summed E-state index contributed by atoms with van der Waals surface area (Å²) in [6.45, 7) is 2.34. The monoisotopic (exact) mass is 277 g/mol. The lowest BCUT2D eigenvalue weighted by molar-refractivity contribution is 0.129. The van der Waals surface area contributed by atoms with Gasteiger partial charge < -0.3 is 20.2 Å². The van der Waals surface area contributed by atoms with Crippen molar-refractivity contribution in [3.63, 3.8) is 0 Å². The fourth-order valence-electron chi connectivity index (χ4n) is 2.23. The average molecular weight is 277 g/mol. The Morgan fingerprint density at radius 1 is 1.50 bits per heavy atom. The predicted octanol–water partition coefficient (Wildman–Crippen LogP) is 1.10. The molecule has 0 aromatic carbocycles. The highest BCUT2D eigenvalue weighted by Crippen LogP contribution is 2.29. The van der Waals surface area contributed by atoms with Crippen molar-refractivity contribution in [1.82, 2.24) is 14.9 Å². The molecule has 1 amide bonds. The molecule has 108 valence electrons. The number of anilines is 2. The van der Waals surface area contributed by atoms with Crippen molar-refractivity contribution in [2.45, 2.75) is 18.9 Å². The first-order chi connectivity index (χ1) is 9.63. The van der Waals surface area contributed by atoms with Gasteiger partial charge in [0.15, 0.2) is 0 Å². The second kappa shape index (κ2) is 5.15. The van der Waals surface area contributed by atoms with Gasteiger partial charge >= 0.3 is 6.09 Å². The van der Waals surface area contributed by atoms with Crippen LogP contribution in [-0.4, -0.2) is 58.8 Å². The summed E-state index contributed by atoms with van der Waals surface area (Å²) >= 11 is 0. The lowest BCUT2D eigenvalue weighted by Gasteiger charge is -2.43. The summed E-state index contributed by atoms with van der Waals surface area (Å²) in [6, 6.07) is 1.98. The Hall–Kier alpha value is -2.05. The van der Waals surface area contributed by atoms with Crippen LogP contribution in [0.4, 0.5) is 16.4 Å². The third-order valence-electron chi connectivity index (χ3n) is 3.96. The van der Waals surface area contributed by atoms with Gasteiger partial charge in [-0.25, -0.2) is 14.8 Å². The number of amides is 1. The minimum Gasteiger partial charge on any atom is -0.465 e. The topological polar surface area (TPSA) is 81.6 Å². The Morgan fingerprint density at radius 3 is 2.90 bits per heavy atom. The maximum Gasteiger partial charge on any atom is 0.407 e. The molecule has 1 saturated carbocycles. The molecule has 7 nitrogen and oxygen atoms in total. The van der Waals surface area contributed by atoms with Crippen molar-refractivity contribution in [1.29, 1.82) is 0 Å². The minimum atomic E-state index is -0.885. The Balaban J connectivity index is 1.55. The molecule has 1 aromatic heterocycles. The predicted molar refractivity (Wildman–Crippen MR) is 75.0 cm³/mol. The first-order valence-corrected chi connectivity index (χ1v) is 6.90. The fourth-order valence-corrected chi connectivity index (χ4v) is 2.23. The molecule has 2 aliphatic rings. The van der Waals surface area contributed by atoms with E-state index in [0.717, 1.165) is 24.1 Å². The van der Waals surface area contributed by atoms with E-state index in [4.69, 9.17) is 5.11 Å². The third kappa shape index (κ3) is 2.76. The molecule has 0 unspecified atom stereocenters. The minimum absolute atomic E-state index is 0.0466. The van der Waals surface area contributed by atoms with E-state index in [9.17, 15) is 4.79 Å². The normalized spacial score (nSPS) is 18.6. The number of aromatic nitrogens is 2. The Morgan fingerprint density at radius 2 is 2.25 bits per heavy atom. The lowest BCUT2D eigenvalue weighted by Crippen LogP contribution is -2.59. The quantitative estimate of drug-likeness (QED) is 0.838. The second-order valence-corrected chi connectivity index (χ2v) is 5.54. The molecule has 7 heteroatoms. The van der Waals surface area contributed by atoms with Gasteiger partial charge in [-0.3, -0.25) is 0 Å². The van der Waals surface area contributed by atoms with Crippen molar-refractivity contribution in [2.75, 3.05) is 36.9 Å². The number of likely N-dealkylation sites (N-methyl/N-ethyl adjacent to an activating group) is 1. The molecule has 3 rings (SSSR count). The number of hydrogen-bond acceptors (Lipinski definition) is 5. The van der Waals surface area contributed by atoms with Crippen molar-refractivity contribution in [2.24, 2.45) is 5.92 Å². The van der Waals surface area contributed by atoms with Crippen molar-refractivity contribution in [3.05, 3.63) is 12.4 Å². The number of nitrogens with one attached hydrogen (secondary N) is 1. The molecule has 0 bridgehead atoms. The van der Waals surface area contributed by atoms with Crippen molar-refractivity contribution >= 4 is 17.7 Å². The first kappa shape index (κ1) is 13.0. The van der Waals surface area contributed by atoms with E-state index in [2.05, 4.69) is 20.2 Å². The van der Waals surface area contributed by atoms with E-state index in [1.807, 2.05) is 6.07 Å². The Kier molecular flexibility index (Phi) is 3.33. The van der Waals surface area contributed by atoms with Gasteiger partial charge in [0, 0.05) is 32.7 Å². The Bertz CT molecular complexity index is 499. The fraction of sp³-hybridized carbons (Fsp3) is 0.615. The number of carboxylic acid groups (broad SMARTS) is 1. The van der Waals surface area contributed by atoms with E-state index >= 15 is 0 Å². The molecule has 2 fully saturated rings. The summed E-state index contributed by atoms with van der Waals surface area (Å²) in [7, 11) is 1.60. The van der Waals surface area contributed by atoms with Crippen LogP contribution >= 0.6 is 0 Å². The van der Waals surface area contributed by atoms with Gasteiger partial charge in [-0.2, -0.15) is 0 Å². The Labute approximate surface area is 117 Å². The number of rotatable bonds is 5. The molecule has 0 radical (unpaired) electrons. The second-order valence-electron chi connectivity index (χ2n) is 5.54. The van der Waals surface area contributed by atoms with Crippen LogP contribution in [0.2, 0.25) is 0 Å². The molecule has 1 aliphatic carbocycles. The van der Waals surface area contributed by atoms with Crippen molar-refractivity contribution in [3.8, 4) is 0 Å². The summed E-state index contributed by atoms with van der Waals surface area (Å²) in [6.07, 6.45) is 3.28. The first-order valence-electron chi connectivity index (χ1n) is 6.90. The van der Waals surface area contributed by atoms with E-state index in [1.165, 1.54) is 17.7 Å². The zero-order valence-corrected chi connectivity index (χ0v) is 11.5. The van der Waals surface area contributed by atoms with Crippen LogP contribution in [0.1, 0.15) is 12.8 Å². The largest absolute Gasteiger partial charge is 0.465 e. The molecular formula is C13H19N5O2. The maximum absolute atomic E-state index is 10.9. The molecule has 0 spiro atoms. The number of hydrogen-bond donors (Lipinski definition) is 2. The molecule has 0 atom stereocenters. The van der Waals surface area contributed by atoms with Crippen LogP contribution in [-0.2, 0) is 0 Å². The van der Waals surface area contributed by atoms with Gasteiger partial charge in [-0.15, -0.1) is 0 Å². The van der Waals surface area contributed by atoms with Gasteiger partial charge in [-0.05, 0) is 18.8 Å². The SMILES string of the molecule is CN(C(=O)O)C1CN(c2cc(NCC3CC3)ncn2)C1. The van der Waals surface area contributed by atoms with Crippen LogP contribution in [0.5, 0.6) is 0 Å². The highest BCUT2D eigenvalue weighted by atomic mass is 16.4. The highest BCUT2D eigenvalue weighted by molar-refractivity contribution is 5.66. The van der Waals surface area contributed by atoms with Crippen LogP contribution in [0.25, 0.3) is 0 Å². The van der Waals surface area contributed by atoms with Gasteiger partial charge in [0.1, 0.15) is 18.0 Å². The average Bonchev–Trinajstić information content (AvgIpc) is 3.19. The van der Waals surface area contributed by atoms with Crippen molar-refractivity contribution < 1.29 is 9.90 Å². The van der Waals surface area contributed by atoms with E-state index < -0.39 is 6.09 Å². The lowest BCUT2D eigenvalue weighted by atomic mass is 10.1. The third-order valence-corrected chi connectivity index (χ3v) is 3.96. The maximum atomic E-state index is 10.9. The zero-order valence-electron chi connectivity index (χ0n) is 11.5. The van der Waals surface area contributed by atoms with Gasteiger partial charge in [-0.1, -0.05) is 0 Å². The highest BCUT2D eigenvalue weighted by Gasteiger charge is 2.33. The standard InChI is InChI=1S/C13H19N5O2/c1-17(13(19)20)10-6-18(7-10)12-4-11(15-8-16-12)14-5-9-2-3-9/h4,8-10H,2-3,5-7H2,1H3,(H,19,20)(H,14,15,16). The number of carbonyl (C=O) groups is 1. The van der Waals surface area contributed by atoms with Crippen LogP contribution in [0.3, 0.4) is 0 Å². The molecule has 1 aliphatic heterocycles. The van der Waals surface area contributed by atoms with Crippen LogP contribution < -0.4 is 10.2 Å². The molecule has 2 heterocycles. The summed E-state index contributed by atoms with van der Waals surface area (Å²) in [5.41, 5.74) is 0. The molecular weight excluding hydrogens is 258 g/mol. The van der Waals surface area contributed by atoms with Gasteiger partial charge in [0.2, 0.25) is 0 Å². The van der Waals surface area contributed by atoms with E-state index in [0.29, 0.717) is 13.1 Å². The zero-order chi connectivity index (χ0) is 14.1. The summed E-state index contributed by atoms with van der Waals surface area (Å²) < 4.78 is 0.